The summed E-state index contributed by atoms with van der Waals surface area (Å²) in [4.78, 5) is 4.57. The molecular weight excluding hydrogens is 166 g/mol. The Labute approximate surface area is 81.5 Å². The summed E-state index contributed by atoms with van der Waals surface area (Å²) in [5.74, 6) is 5.72. The van der Waals surface area contributed by atoms with Crippen molar-refractivity contribution in [3.63, 3.8) is 0 Å². The van der Waals surface area contributed by atoms with Crippen LogP contribution in [0.15, 0.2) is 0 Å². The molecule has 0 saturated carbocycles. The Hall–Kier alpha value is -0.120. The van der Waals surface area contributed by atoms with Crippen molar-refractivity contribution in [2.24, 2.45) is 11.8 Å². The fourth-order valence-electron chi connectivity index (χ4n) is 0.983. The van der Waals surface area contributed by atoms with Crippen LogP contribution < -0.4 is 5.90 Å². The Kier molecular flexibility index (Phi) is 6.29. The van der Waals surface area contributed by atoms with Gasteiger partial charge in [0.25, 0.3) is 0 Å². The normalized spacial score (nSPS) is 14.5. The first-order chi connectivity index (χ1) is 6.02. The summed E-state index contributed by atoms with van der Waals surface area (Å²) in [7, 11) is 0. The molecule has 0 rings (SSSR count). The van der Waals surface area contributed by atoms with Crippen molar-refractivity contribution in [3.8, 4) is 0 Å². The van der Waals surface area contributed by atoms with E-state index in [1.165, 1.54) is 6.42 Å². The minimum atomic E-state index is -0.262. The topological polar surface area (TPSA) is 44.5 Å². The van der Waals surface area contributed by atoms with E-state index in [-0.39, 0.29) is 5.60 Å². The maximum atomic E-state index is 5.64. The largest absolute Gasteiger partial charge is 0.373 e. The number of ether oxygens (including phenoxy) is 1. The summed E-state index contributed by atoms with van der Waals surface area (Å²) in [6, 6.07) is 0. The Morgan fingerprint density at radius 3 is 2.46 bits per heavy atom. The Morgan fingerprint density at radius 1 is 1.38 bits per heavy atom. The van der Waals surface area contributed by atoms with Crippen LogP contribution in [0.4, 0.5) is 0 Å². The second kappa shape index (κ2) is 6.35. The Bertz CT molecular complexity index is 126. The van der Waals surface area contributed by atoms with E-state index in [9.17, 15) is 0 Å². The number of rotatable bonds is 7. The van der Waals surface area contributed by atoms with Crippen molar-refractivity contribution in [2.75, 3.05) is 13.2 Å². The van der Waals surface area contributed by atoms with Crippen LogP contribution in [0.3, 0.4) is 0 Å². The zero-order valence-corrected chi connectivity index (χ0v) is 9.30. The summed E-state index contributed by atoms with van der Waals surface area (Å²) in [6.07, 6.45) is 2.31. The Morgan fingerprint density at radius 2 is 2.00 bits per heavy atom. The van der Waals surface area contributed by atoms with Crippen LogP contribution in [0.5, 0.6) is 0 Å². The quantitative estimate of drug-likeness (QED) is 0.624. The average molecular weight is 189 g/mol. The van der Waals surface area contributed by atoms with E-state index in [2.05, 4.69) is 18.7 Å². The smallest absolute Gasteiger partial charge is 0.0963 e. The molecule has 0 bridgehead atoms. The van der Waals surface area contributed by atoms with Gasteiger partial charge in [0, 0.05) is 6.61 Å². The highest BCUT2D eigenvalue weighted by Crippen LogP contribution is 2.12. The lowest BCUT2D eigenvalue weighted by molar-refractivity contribution is -0.0788. The van der Waals surface area contributed by atoms with Crippen molar-refractivity contribution >= 4 is 0 Å². The van der Waals surface area contributed by atoms with E-state index in [4.69, 9.17) is 10.6 Å². The molecule has 2 N–H and O–H groups in total. The molecule has 0 radical (unpaired) electrons. The van der Waals surface area contributed by atoms with Gasteiger partial charge in [-0.1, -0.05) is 20.3 Å². The minimum Gasteiger partial charge on any atom is -0.373 e. The van der Waals surface area contributed by atoms with E-state index in [1.807, 2.05) is 13.8 Å². The molecule has 0 aromatic carbocycles. The first-order valence-electron chi connectivity index (χ1n) is 4.97. The summed E-state index contributed by atoms with van der Waals surface area (Å²) < 4.78 is 5.64. The first-order valence-corrected chi connectivity index (χ1v) is 4.97. The molecule has 0 aliphatic heterocycles. The van der Waals surface area contributed by atoms with Crippen molar-refractivity contribution < 1.29 is 9.57 Å². The molecule has 1 unspecified atom stereocenters. The van der Waals surface area contributed by atoms with Gasteiger partial charge in [-0.3, -0.25) is 0 Å². The molecule has 0 spiro atoms. The van der Waals surface area contributed by atoms with Crippen LogP contribution in [0.25, 0.3) is 0 Å². The highest BCUT2D eigenvalue weighted by atomic mass is 16.6. The average Bonchev–Trinajstić information content (AvgIpc) is 2.03. The zero-order chi connectivity index (χ0) is 10.3. The predicted octanol–water partition coefficient (Wildman–Crippen LogP) is 2.11. The van der Waals surface area contributed by atoms with Gasteiger partial charge in [0.15, 0.2) is 0 Å². The second-order valence-electron chi connectivity index (χ2n) is 4.22. The van der Waals surface area contributed by atoms with Crippen LogP contribution >= 0.6 is 0 Å². The Balaban J connectivity index is 3.50. The lowest BCUT2D eigenvalue weighted by Crippen LogP contribution is -2.32. The molecule has 0 aromatic heterocycles. The van der Waals surface area contributed by atoms with Gasteiger partial charge in [-0.15, -0.1) is 0 Å². The second-order valence-corrected chi connectivity index (χ2v) is 4.22. The maximum absolute atomic E-state index is 5.64. The summed E-state index contributed by atoms with van der Waals surface area (Å²) in [6.45, 7) is 9.61. The molecule has 0 aliphatic rings. The lowest BCUT2D eigenvalue weighted by atomic mass is 10.1. The van der Waals surface area contributed by atoms with Crippen molar-refractivity contribution in [1.29, 1.82) is 0 Å². The van der Waals surface area contributed by atoms with E-state index >= 15 is 0 Å². The van der Waals surface area contributed by atoms with E-state index in [1.54, 1.807) is 0 Å². The number of hydrogen-bond donors (Lipinski definition) is 1. The highest BCUT2D eigenvalue weighted by molar-refractivity contribution is 4.66. The zero-order valence-electron chi connectivity index (χ0n) is 9.30. The van der Waals surface area contributed by atoms with E-state index in [0.717, 1.165) is 18.9 Å². The van der Waals surface area contributed by atoms with Gasteiger partial charge < -0.3 is 9.57 Å². The summed E-state index contributed by atoms with van der Waals surface area (Å²) in [5.41, 5.74) is -0.262. The molecule has 0 aliphatic carbocycles. The fraction of sp³-hybridized carbons (Fsp3) is 1.00. The van der Waals surface area contributed by atoms with Crippen LogP contribution in [0.2, 0.25) is 0 Å². The molecule has 0 amide bonds. The lowest BCUT2D eigenvalue weighted by Gasteiger charge is -2.24. The van der Waals surface area contributed by atoms with Gasteiger partial charge in [-0.2, -0.15) is 0 Å². The molecule has 0 heterocycles. The molecular formula is C10H23NO2. The summed E-state index contributed by atoms with van der Waals surface area (Å²) in [5, 5.41) is 0. The molecule has 80 valence electrons. The standard InChI is InChI=1S/C10H23NO2/c1-5-9(2)6-7-12-10(3,4)8-13-11/h9H,5-8,11H2,1-4H3. The van der Waals surface area contributed by atoms with Crippen molar-refractivity contribution in [1.82, 2.24) is 0 Å². The van der Waals surface area contributed by atoms with Crippen LogP contribution in [-0.2, 0) is 9.57 Å². The van der Waals surface area contributed by atoms with Crippen LogP contribution in [0.1, 0.15) is 40.5 Å². The fourth-order valence-corrected chi connectivity index (χ4v) is 0.983. The minimum absolute atomic E-state index is 0.262. The SMILES string of the molecule is CCC(C)CCOC(C)(C)CON. The third kappa shape index (κ3) is 6.99. The van der Waals surface area contributed by atoms with Gasteiger partial charge in [-0.25, -0.2) is 5.90 Å². The van der Waals surface area contributed by atoms with Crippen molar-refractivity contribution in [3.05, 3.63) is 0 Å². The molecule has 0 aromatic rings. The summed E-state index contributed by atoms with van der Waals surface area (Å²) >= 11 is 0. The van der Waals surface area contributed by atoms with Gasteiger partial charge in [0.2, 0.25) is 0 Å². The van der Waals surface area contributed by atoms with E-state index in [0.29, 0.717) is 6.61 Å². The highest BCUT2D eigenvalue weighted by Gasteiger charge is 2.18. The molecule has 13 heavy (non-hydrogen) atoms. The molecule has 3 nitrogen and oxygen atoms in total. The monoisotopic (exact) mass is 189 g/mol. The predicted molar refractivity (Wildman–Crippen MR) is 54.2 cm³/mol. The first kappa shape index (κ1) is 12.9. The molecule has 3 heteroatoms. The maximum Gasteiger partial charge on any atom is 0.0963 e. The molecule has 1 atom stereocenters. The number of hydrogen-bond acceptors (Lipinski definition) is 3. The van der Waals surface area contributed by atoms with Crippen LogP contribution in [0, 0.1) is 5.92 Å². The van der Waals surface area contributed by atoms with Gasteiger partial charge >= 0.3 is 0 Å². The number of nitrogens with two attached hydrogens (primary N) is 1. The third-order valence-corrected chi connectivity index (χ3v) is 2.23. The van der Waals surface area contributed by atoms with Crippen LogP contribution in [-0.4, -0.2) is 18.8 Å². The van der Waals surface area contributed by atoms with E-state index < -0.39 is 0 Å². The third-order valence-electron chi connectivity index (χ3n) is 2.23. The molecule has 0 fully saturated rings. The molecule has 0 saturated heterocycles. The van der Waals surface area contributed by atoms with Crippen molar-refractivity contribution in [2.45, 2.75) is 46.1 Å². The van der Waals surface area contributed by atoms with Gasteiger partial charge in [0.1, 0.15) is 0 Å². The van der Waals surface area contributed by atoms with Gasteiger partial charge in [0.05, 0.1) is 12.2 Å². The van der Waals surface area contributed by atoms with Gasteiger partial charge in [-0.05, 0) is 26.2 Å².